The number of hydrogen-bond donors (Lipinski definition) is 0. The Bertz CT molecular complexity index is 165. The zero-order valence-corrected chi connectivity index (χ0v) is 12.2. The first-order chi connectivity index (χ1) is 8.20. The van der Waals surface area contributed by atoms with Gasteiger partial charge in [-0.2, -0.15) is 0 Å². The third kappa shape index (κ3) is 11.9. The number of hydrogen-bond acceptors (Lipinski definition) is 1. The van der Waals surface area contributed by atoms with Crippen LogP contribution in [-0.2, 0) is 4.79 Å². The highest BCUT2D eigenvalue weighted by atomic mass is 16.1. The average molecular weight is 240 g/mol. The molecule has 0 aliphatic heterocycles. The van der Waals surface area contributed by atoms with Crippen LogP contribution in [0.2, 0.25) is 0 Å². The summed E-state index contributed by atoms with van der Waals surface area (Å²) >= 11 is 0. The predicted molar refractivity (Wildman–Crippen MR) is 76.2 cm³/mol. The number of rotatable bonds is 12. The quantitative estimate of drug-likeness (QED) is 0.331. The van der Waals surface area contributed by atoms with Crippen molar-refractivity contribution < 1.29 is 4.79 Å². The van der Waals surface area contributed by atoms with Crippen molar-refractivity contribution in [3.63, 3.8) is 0 Å². The molecule has 2 unspecified atom stereocenters. The van der Waals surface area contributed by atoms with Crippen LogP contribution in [0.25, 0.3) is 0 Å². The molecular formula is C16H32O. The highest BCUT2D eigenvalue weighted by Crippen LogP contribution is 2.19. The van der Waals surface area contributed by atoms with E-state index in [-0.39, 0.29) is 0 Å². The van der Waals surface area contributed by atoms with Gasteiger partial charge in [-0.1, -0.05) is 78.6 Å². The first-order valence-corrected chi connectivity index (χ1v) is 7.64. The Morgan fingerprint density at radius 1 is 0.824 bits per heavy atom. The van der Waals surface area contributed by atoms with E-state index in [0.29, 0.717) is 5.92 Å². The molecule has 0 amide bonds. The molecule has 0 bridgehead atoms. The van der Waals surface area contributed by atoms with Gasteiger partial charge in [0.1, 0.15) is 6.29 Å². The lowest BCUT2D eigenvalue weighted by Gasteiger charge is -2.13. The summed E-state index contributed by atoms with van der Waals surface area (Å²) in [7, 11) is 0. The van der Waals surface area contributed by atoms with Gasteiger partial charge in [-0.15, -0.1) is 0 Å². The van der Waals surface area contributed by atoms with E-state index in [9.17, 15) is 4.79 Å². The molecule has 0 heterocycles. The van der Waals surface area contributed by atoms with Crippen molar-refractivity contribution in [2.24, 2.45) is 11.8 Å². The minimum atomic E-state index is 0.583. The van der Waals surface area contributed by atoms with Gasteiger partial charge < -0.3 is 4.79 Å². The molecule has 0 aromatic heterocycles. The molecule has 0 fully saturated rings. The van der Waals surface area contributed by atoms with E-state index >= 15 is 0 Å². The van der Waals surface area contributed by atoms with Gasteiger partial charge in [-0.25, -0.2) is 0 Å². The molecule has 0 rings (SSSR count). The normalized spacial score (nSPS) is 14.5. The summed E-state index contributed by atoms with van der Waals surface area (Å²) in [5.41, 5.74) is 0. The third-order valence-electron chi connectivity index (χ3n) is 3.70. The Labute approximate surface area is 108 Å². The van der Waals surface area contributed by atoms with Gasteiger partial charge in [0.25, 0.3) is 0 Å². The Kier molecular flexibility index (Phi) is 11.9. The SMILES string of the molecule is CCCCCCCCC(C)CCC(C)CC=O. The Balaban J connectivity index is 3.28. The molecule has 0 N–H and O–H groups in total. The molecule has 0 aromatic rings. The van der Waals surface area contributed by atoms with Crippen molar-refractivity contribution in [2.45, 2.75) is 85.0 Å². The molecule has 0 spiro atoms. The van der Waals surface area contributed by atoms with E-state index < -0.39 is 0 Å². The molecule has 0 radical (unpaired) electrons. The molecule has 0 aliphatic rings. The van der Waals surface area contributed by atoms with Crippen molar-refractivity contribution in [2.75, 3.05) is 0 Å². The van der Waals surface area contributed by atoms with Crippen LogP contribution in [0.4, 0.5) is 0 Å². The zero-order valence-electron chi connectivity index (χ0n) is 12.2. The molecule has 0 aromatic carbocycles. The summed E-state index contributed by atoms with van der Waals surface area (Å²) in [6.07, 6.45) is 14.1. The summed E-state index contributed by atoms with van der Waals surface area (Å²) in [4.78, 5) is 10.4. The van der Waals surface area contributed by atoms with Gasteiger partial charge in [0.15, 0.2) is 0 Å². The largest absolute Gasteiger partial charge is 0.303 e. The molecule has 2 atom stereocenters. The standard InChI is InChI=1S/C16H32O/c1-4-5-6-7-8-9-10-15(2)11-12-16(3)13-14-17/h14-16H,4-13H2,1-3H3. The Morgan fingerprint density at radius 2 is 1.41 bits per heavy atom. The fraction of sp³-hybridized carbons (Fsp3) is 0.938. The third-order valence-corrected chi connectivity index (χ3v) is 3.70. The van der Waals surface area contributed by atoms with Crippen LogP contribution >= 0.6 is 0 Å². The fourth-order valence-electron chi connectivity index (χ4n) is 2.27. The van der Waals surface area contributed by atoms with Crippen molar-refractivity contribution in [3.8, 4) is 0 Å². The molecule has 0 aliphatic carbocycles. The first kappa shape index (κ1) is 16.7. The summed E-state index contributed by atoms with van der Waals surface area (Å²) in [6.45, 7) is 6.81. The zero-order chi connectivity index (χ0) is 12.9. The van der Waals surface area contributed by atoms with Gasteiger partial charge in [-0.3, -0.25) is 0 Å². The Hall–Kier alpha value is -0.330. The minimum absolute atomic E-state index is 0.583. The van der Waals surface area contributed by atoms with E-state index in [1.54, 1.807) is 0 Å². The van der Waals surface area contributed by atoms with Crippen LogP contribution in [0, 0.1) is 11.8 Å². The van der Waals surface area contributed by atoms with Gasteiger partial charge in [0, 0.05) is 6.42 Å². The monoisotopic (exact) mass is 240 g/mol. The Morgan fingerprint density at radius 3 is 2.06 bits per heavy atom. The second-order valence-electron chi connectivity index (χ2n) is 5.75. The average Bonchev–Trinajstić information content (AvgIpc) is 2.31. The summed E-state index contributed by atoms with van der Waals surface area (Å²) in [6, 6.07) is 0. The number of aldehydes is 1. The maximum Gasteiger partial charge on any atom is 0.120 e. The van der Waals surface area contributed by atoms with Gasteiger partial charge in [-0.05, 0) is 11.8 Å². The van der Waals surface area contributed by atoms with Crippen molar-refractivity contribution in [3.05, 3.63) is 0 Å². The molecule has 0 saturated carbocycles. The van der Waals surface area contributed by atoms with Gasteiger partial charge >= 0.3 is 0 Å². The maximum absolute atomic E-state index is 10.4. The van der Waals surface area contributed by atoms with E-state index in [4.69, 9.17) is 0 Å². The van der Waals surface area contributed by atoms with Crippen LogP contribution in [0.5, 0.6) is 0 Å². The smallest absolute Gasteiger partial charge is 0.120 e. The number of carbonyl (C=O) groups is 1. The van der Waals surface area contributed by atoms with Crippen LogP contribution in [0.3, 0.4) is 0 Å². The second-order valence-corrected chi connectivity index (χ2v) is 5.75. The second kappa shape index (κ2) is 12.1. The number of unbranched alkanes of at least 4 members (excludes halogenated alkanes) is 5. The van der Waals surface area contributed by atoms with Crippen LogP contribution in [-0.4, -0.2) is 6.29 Å². The highest BCUT2D eigenvalue weighted by molar-refractivity contribution is 5.49. The molecule has 0 saturated heterocycles. The molecule has 102 valence electrons. The van der Waals surface area contributed by atoms with Gasteiger partial charge in [0.05, 0.1) is 0 Å². The number of carbonyl (C=O) groups excluding carboxylic acids is 1. The summed E-state index contributed by atoms with van der Waals surface area (Å²) < 4.78 is 0. The maximum atomic E-state index is 10.4. The van der Waals surface area contributed by atoms with Crippen LogP contribution in [0.1, 0.15) is 85.0 Å². The van der Waals surface area contributed by atoms with Crippen LogP contribution < -0.4 is 0 Å². The van der Waals surface area contributed by atoms with E-state index in [1.165, 1.54) is 57.8 Å². The molecule has 17 heavy (non-hydrogen) atoms. The molecule has 1 nitrogen and oxygen atoms in total. The predicted octanol–water partition coefficient (Wildman–Crippen LogP) is 5.38. The lowest BCUT2D eigenvalue weighted by molar-refractivity contribution is -0.108. The summed E-state index contributed by atoms with van der Waals surface area (Å²) in [5, 5.41) is 0. The minimum Gasteiger partial charge on any atom is -0.303 e. The highest BCUT2D eigenvalue weighted by Gasteiger charge is 2.06. The van der Waals surface area contributed by atoms with Crippen molar-refractivity contribution >= 4 is 6.29 Å². The lowest BCUT2D eigenvalue weighted by Crippen LogP contribution is -2.01. The first-order valence-electron chi connectivity index (χ1n) is 7.64. The van der Waals surface area contributed by atoms with Crippen molar-refractivity contribution in [1.82, 2.24) is 0 Å². The van der Waals surface area contributed by atoms with Gasteiger partial charge in [0.2, 0.25) is 0 Å². The van der Waals surface area contributed by atoms with Crippen LogP contribution in [0.15, 0.2) is 0 Å². The van der Waals surface area contributed by atoms with E-state index in [0.717, 1.165) is 18.6 Å². The fourth-order valence-corrected chi connectivity index (χ4v) is 2.27. The van der Waals surface area contributed by atoms with Crippen molar-refractivity contribution in [1.29, 1.82) is 0 Å². The summed E-state index contributed by atoms with van der Waals surface area (Å²) in [5.74, 6) is 1.43. The topological polar surface area (TPSA) is 17.1 Å². The lowest BCUT2D eigenvalue weighted by atomic mass is 9.92. The molecular weight excluding hydrogens is 208 g/mol. The van der Waals surface area contributed by atoms with E-state index in [1.807, 2.05) is 0 Å². The van der Waals surface area contributed by atoms with E-state index in [2.05, 4.69) is 20.8 Å². The molecule has 1 heteroatoms.